The van der Waals surface area contributed by atoms with E-state index in [9.17, 15) is 4.79 Å². The first kappa shape index (κ1) is 15.0. The zero-order valence-corrected chi connectivity index (χ0v) is 10.0. The van der Waals surface area contributed by atoms with Crippen LogP contribution in [-0.2, 0) is 4.74 Å². The molecule has 1 aromatic rings. The minimum Gasteiger partial charge on any atom is -0.472 e. The molecule has 0 aliphatic carbocycles. The van der Waals surface area contributed by atoms with Crippen molar-refractivity contribution in [2.24, 2.45) is 0 Å². The van der Waals surface area contributed by atoms with Gasteiger partial charge in [-0.25, -0.2) is 0 Å². The van der Waals surface area contributed by atoms with Gasteiger partial charge in [0.2, 0.25) is 0 Å². The van der Waals surface area contributed by atoms with Crippen molar-refractivity contribution in [3.63, 3.8) is 0 Å². The molecule has 2 N–H and O–H groups in total. The third-order valence-corrected chi connectivity index (χ3v) is 1.85. The van der Waals surface area contributed by atoms with Gasteiger partial charge in [-0.3, -0.25) is 4.79 Å². The molecule has 0 bridgehead atoms. The second-order valence-corrected chi connectivity index (χ2v) is 3.01. The van der Waals surface area contributed by atoms with Crippen LogP contribution in [-0.4, -0.2) is 39.3 Å². The fourth-order valence-electron chi connectivity index (χ4n) is 1.06. The molecule has 6 heteroatoms. The zero-order chi connectivity index (χ0) is 10.9. The molecule has 0 unspecified atom stereocenters. The number of carbonyl (C=O) groups is 1. The number of halogens is 1. The van der Waals surface area contributed by atoms with Crippen molar-refractivity contribution in [1.29, 1.82) is 0 Å². The van der Waals surface area contributed by atoms with Crippen LogP contribution in [0.3, 0.4) is 0 Å². The van der Waals surface area contributed by atoms with Gasteiger partial charge < -0.3 is 19.8 Å². The Morgan fingerprint density at radius 2 is 2.25 bits per heavy atom. The molecule has 0 saturated carbocycles. The average molecular weight is 249 g/mol. The van der Waals surface area contributed by atoms with Crippen LogP contribution < -0.4 is 10.6 Å². The highest BCUT2D eigenvalue weighted by molar-refractivity contribution is 5.93. The second kappa shape index (κ2) is 9.21. The fourth-order valence-corrected chi connectivity index (χ4v) is 1.06. The van der Waals surface area contributed by atoms with Crippen molar-refractivity contribution in [3.05, 3.63) is 24.2 Å². The van der Waals surface area contributed by atoms with Crippen LogP contribution >= 0.6 is 12.4 Å². The average Bonchev–Trinajstić information content (AvgIpc) is 2.76. The summed E-state index contributed by atoms with van der Waals surface area (Å²) in [4.78, 5) is 11.4. The van der Waals surface area contributed by atoms with E-state index in [-0.39, 0.29) is 18.3 Å². The van der Waals surface area contributed by atoms with Crippen molar-refractivity contribution in [2.75, 3.05) is 33.4 Å². The summed E-state index contributed by atoms with van der Waals surface area (Å²) in [7, 11) is 1.66. The molecule has 1 rings (SSSR count). The fraction of sp³-hybridized carbons (Fsp3) is 0.500. The van der Waals surface area contributed by atoms with Crippen LogP contribution in [0.2, 0.25) is 0 Å². The molecular formula is C10H17ClN2O3. The maximum atomic E-state index is 11.4. The first-order valence-corrected chi connectivity index (χ1v) is 4.84. The number of nitrogens with one attached hydrogen (secondary N) is 2. The SMILES string of the molecule is COCCNCCNC(=O)c1ccoc1.Cl. The van der Waals surface area contributed by atoms with Gasteiger partial charge >= 0.3 is 0 Å². The molecule has 0 fully saturated rings. The van der Waals surface area contributed by atoms with Gasteiger partial charge in [0.25, 0.3) is 5.91 Å². The van der Waals surface area contributed by atoms with E-state index in [0.717, 1.165) is 13.1 Å². The molecule has 0 saturated heterocycles. The van der Waals surface area contributed by atoms with E-state index in [1.54, 1.807) is 13.2 Å². The Labute approximate surface area is 101 Å². The van der Waals surface area contributed by atoms with E-state index < -0.39 is 0 Å². The van der Waals surface area contributed by atoms with E-state index >= 15 is 0 Å². The summed E-state index contributed by atoms with van der Waals surface area (Å²) in [5.74, 6) is -0.114. The highest BCUT2D eigenvalue weighted by Crippen LogP contribution is 1.98. The largest absolute Gasteiger partial charge is 0.472 e. The Morgan fingerprint density at radius 3 is 2.88 bits per heavy atom. The summed E-state index contributed by atoms with van der Waals surface area (Å²) in [5, 5.41) is 5.88. The molecule has 0 atom stereocenters. The van der Waals surface area contributed by atoms with E-state index in [1.807, 2.05) is 0 Å². The number of amides is 1. The lowest BCUT2D eigenvalue weighted by Crippen LogP contribution is -2.32. The van der Waals surface area contributed by atoms with Gasteiger partial charge in [0, 0.05) is 26.7 Å². The predicted octanol–water partition coefficient (Wildman–Crippen LogP) is 0.667. The van der Waals surface area contributed by atoms with Crippen molar-refractivity contribution < 1.29 is 13.9 Å². The van der Waals surface area contributed by atoms with E-state index in [1.165, 1.54) is 12.5 Å². The molecule has 0 aliphatic rings. The van der Waals surface area contributed by atoms with E-state index in [0.29, 0.717) is 18.7 Å². The Kier molecular flexibility index (Phi) is 8.61. The van der Waals surface area contributed by atoms with Crippen LogP contribution in [0, 0.1) is 0 Å². The molecule has 1 heterocycles. The Balaban J connectivity index is 0.00000225. The molecule has 5 nitrogen and oxygen atoms in total. The van der Waals surface area contributed by atoms with Crippen LogP contribution in [0.4, 0.5) is 0 Å². The van der Waals surface area contributed by atoms with Crippen LogP contribution in [0.15, 0.2) is 23.0 Å². The lowest BCUT2D eigenvalue weighted by atomic mass is 10.3. The number of methoxy groups -OCH3 is 1. The molecule has 0 aromatic carbocycles. The first-order chi connectivity index (χ1) is 7.34. The number of rotatable bonds is 7. The molecule has 1 aromatic heterocycles. The van der Waals surface area contributed by atoms with Crippen LogP contribution in [0.1, 0.15) is 10.4 Å². The number of furan rings is 1. The third-order valence-electron chi connectivity index (χ3n) is 1.85. The Hall–Kier alpha value is -1.04. The smallest absolute Gasteiger partial charge is 0.254 e. The highest BCUT2D eigenvalue weighted by atomic mass is 35.5. The van der Waals surface area contributed by atoms with Gasteiger partial charge in [-0.05, 0) is 6.07 Å². The molecule has 0 radical (unpaired) electrons. The Morgan fingerprint density at radius 1 is 1.44 bits per heavy atom. The maximum absolute atomic E-state index is 11.4. The van der Waals surface area contributed by atoms with Crippen molar-refractivity contribution in [2.45, 2.75) is 0 Å². The summed E-state index contributed by atoms with van der Waals surface area (Å²) in [6.07, 6.45) is 2.90. The van der Waals surface area contributed by atoms with Gasteiger partial charge in [0.15, 0.2) is 0 Å². The van der Waals surface area contributed by atoms with Crippen LogP contribution in [0.25, 0.3) is 0 Å². The second-order valence-electron chi connectivity index (χ2n) is 3.01. The number of ether oxygens (including phenoxy) is 1. The molecule has 0 aliphatic heterocycles. The lowest BCUT2D eigenvalue weighted by molar-refractivity contribution is 0.0953. The summed E-state index contributed by atoms with van der Waals surface area (Å²) in [5.41, 5.74) is 0.548. The summed E-state index contributed by atoms with van der Waals surface area (Å²) >= 11 is 0. The maximum Gasteiger partial charge on any atom is 0.254 e. The van der Waals surface area contributed by atoms with Gasteiger partial charge in [-0.1, -0.05) is 0 Å². The van der Waals surface area contributed by atoms with E-state index in [2.05, 4.69) is 10.6 Å². The van der Waals surface area contributed by atoms with Crippen molar-refractivity contribution >= 4 is 18.3 Å². The molecule has 16 heavy (non-hydrogen) atoms. The van der Waals surface area contributed by atoms with Crippen molar-refractivity contribution in [3.8, 4) is 0 Å². The molecule has 92 valence electrons. The van der Waals surface area contributed by atoms with Gasteiger partial charge in [-0.2, -0.15) is 0 Å². The summed E-state index contributed by atoms with van der Waals surface area (Å²) in [6.45, 7) is 2.79. The quantitative estimate of drug-likeness (QED) is 0.696. The highest BCUT2D eigenvalue weighted by Gasteiger charge is 2.04. The number of hydrogen-bond acceptors (Lipinski definition) is 4. The molecule has 0 spiro atoms. The third kappa shape index (κ3) is 5.75. The minimum absolute atomic E-state index is 0. The van der Waals surface area contributed by atoms with Crippen molar-refractivity contribution in [1.82, 2.24) is 10.6 Å². The number of hydrogen-bond donors (Lipinski definition) is 2. The summed E-state index contributed by atoms with van der Waals surface area (Å²) in [6, 6.07) is 1.63. The number of carbonyl (C=O) groups excluding carboxylic acids is 1. The lowest BCUT2D eigenvalue weighted by Gasteiger charge is -2.04. The Bertz CT molecular complexity index is 278. The topological polar surface area (TPSA) is 63.5 Å². The molecule has 1 amide bonds. The van der Waals surface area contributed by atoms with Gasteiger partial charge in [0.05, 0.1) is 18.4 Å². The summed E-state index contributed by atoms with van der Waals surface area (Å²) < 4.78 is 9.67. The molecular weight excluding hydrogens is 232 g/mol. The first-order valence-electron chi connectivity index (χ1n) is 4.84. The zero-order valence-electron chi connectivity index (χ0n) is 9.19. The van der Waals surface area contributed by atoms with Gasteiger partial charge in [0.1, 0.15) is 6.26 Å². The van der Waals surface area contributed by atoms with E-state index in [4.69, 9.17) is 9.15 Å². The standard InChI is InChI=1S/C10H16N2O3.ClH/c1-14-7-5-11-3-4-12-10(13)9-2-6-15-8-9;/h2,6,8,11H,3-5,7H2,1H3,(H,12,13);1H. The minimum atomic E-state index is -0.114. The normalized spacial score (nSPS) is 9.56. The predicted molar refractivity (Wildman–Crippen MR) is 63.0 cm³/mol. The van der Waals surface area contributed by atoms with Crippen LogP contribution in [0.5, 0.6) is 0 Å². The monoisotopic (exact) mass is 248 g/mol. The van der Waals surface area contributed by atoms with Gasteiger partial charge in [-0.15, -0.1) is 12.4 Å².